The molecule has 1 aliphatic heterocycles. The molecule has 0 aliphatic carbocycles. The second kappa shape index (κ2) is 8.35. The van der Waals surface area contributed by atoms with E-state index in [-0.39, 0.29) is 17.8 Å². The number of amides is 1. The molecule has 0 saturated carbocycles. The first-order valence-corrected chi connectivity index (χ1v) is 9.59. The number of imidazole rings is 1. The number of aromatic nitrogens is 2. The van der Waals surface area contributed by atoms with Crippen LogP contribution in [-0.2, 0) is 0 Å². The van der Waals surface area contributed by atoms with Crippen LogP contribution < -0.4 is 5.32 Å². The Labute approximate surface area is 163 Å². The summed E-state index contributed by atoms with van der Waals surface area (Å²) in [7, 11) is 0. The molecule has 0 unspecified atom stereocenters. The van der Waals surface area contributed by atoms with E-state index in [0.717, 1.165) is 37.1 Å². The minimum atomic E-state index is -0.250. The summed E-state index contributed by atoms with van der Waals surface area (Å²) < 4.78 is 13.3. The van der Waals surface area contributed by atoms with Crippen LogP contribution in [0.4, 0.5) is 4.39 Å². The normalized spacial score (nSPS) is 15.5. The van der Waals surface area contributed by atoms with Gasteiger partial charge in [0.05, 0.1) is 11.6 Å². The first-order valence-electron chi connectivity index (χ1n) is 9.59. The minimum absolute atomic E-state index is 0.0304. The molecule has 4 rings (SSSR count). The SMILES string of the molecule is O=C(NC[C@H](c1ccc(F)cc1)N1CCCC1)c1ccccc1-c1ncc[nH]1. The van der Waals surface area contributed by atoms with Crippen LogP contribution in [0.3, 0.4) is 0 Å². The number of likely N-dealkylation sites (tertiary alicyclic amines) is 1. The van der Waals surface area contributed by atoms with Crippen LogP contribution in [0.5, 0.6) is 0 Å². The van der Waals surface area contributed by atoms with Gasteiger partial charge in [-0.15, -0.1) is 0 Å². The van der Waals surface area contributed by atoms with Gasteiger partial charge in [-0.25, -0.2) is 9.37 Å². The number of aromatic amines is 1. The lowest BCUT2D eigenvalue weighted by Crippen LogP contribution is -2.37. The number of carbonyl (C=O) groups is 1. The summed E-state index contributed by atoms with van der Waals surface area (Å²) in [6.07, 6.45) is 5.70. The number of nitrogens with zero attached hydrogens (tertiary/aromatic N) is 2. The zero-order valence-corrected chi connectivity index (χ0v) is 15.6. The van der Waals surface area contributed by atoms with Crippen LogP contribution in [-0.4, -0.2) is 40.4 Å². The first kappa shape index (κ1) is 18.4. The Balaban J connectivity index is 1.53. The molecule has 6 heteroatoms. The molecule has 0 bridgehead atoms. The van der Waals surface area contributed by atoms with Gasteiger partial charge in [0.1, 0.15) is 11.6 Å². The van der Waals surface area contributed by atoms with Crippen molar-refractivity contribution in [2.75, 3.05) is 19.6 Å². The van der Waals surface area contributed by atoms with E-state index in [1.807, 2.05) is 18.2 Å². The van der Waals surface area contributed by atoms with Crippen LogP contribution in [0, 0.1) is 5.82 Å². The van der Waals surface area contributed by atoms with Crippen molar-refractivity contribution in [3.63, 3.8) is 0 Å². The summed E-state index contributed by atoms with van der Waals surface area (Å²) in [5, 5.41) is 3.08. The number of halogens is 1. The van der Waals surface area contributed by atoms with Crippen LogP contribution in [0.15, 0.2) is 60.9 Å². The smallest absolute Gasteiger partial charge is 0.252 e. The number of hydrogen-bond donors (Lipinski definition) is 2. The van der Waals surface area contributed by atoms with E-state index in [4.69, 9.17) is 0 Å². The van der Waals surface area contributed by atoms with Gasteiger partial charge >= 0.3 is 0 Å². The van der Waals surface area contributed by atoms with Gasteiger partial charge in [-0.05, 0) is 49.7 Å². The molecule has 1 fully saturated rings. The number of rotatable bonds is 6. The predicted octanol–water partition coefficient (Wildman–Crippen LogP) is 3.78. The molecule has 2 heterocycles. The van der Waals surface area contributed by atoms with Gasteiger partial charge in [-0.3, -0.25) is 9.69 Å². The maximum atomic E-state index is 13.3. The zero-order chi connectivity index (χ0) is 19.3. The number of nitrogens with one attached hydrogen (secondary N) is 2. The van der Waals surface area contributed by atoms with E-state index < -0.39 is 0 Å². The molecule has 1 atom stereocenters. The molecule has 1 aromatic heterocycles. The van der Waals surface area contributed by atoms with Gasteiger partial charge in [-0.2, -0.15) is 0 Å². The molecule has 0 spiro atoms. The van der Waals surface area contributed by atoms with Crippen LogP contribution in [0.25, 0.3) is 11.4 Å². The molecule has 1 saturated heterocycles. The molecule has 1 aliphatic rings. The van der Waals surface area contributed by atoms with Crippen molar-refractivity contribution >= 4 is 5.91 Å². The van der Waals surface area contributed by atoms with Gasteiger partial charge in [0.15, 0.2) is 0 Å². The monoisotopic (exact) mass is 378 g/mol. The van der Waals surface area contributed by atoms with E-state index >= 15 is 0 Å². The molecule has 2 N–H and O–H groups in total. The summed E-state index contributed by atoms with van der Waals surface area (Å²) in [4.78, 5) is 22.6. The maximum Gasteiger partial charge on any atom is 0.252 e. The lowest BCUT2D eigenvalue weighted by atomic mass is 10.0. The van der Waals surface area contributed by atoms with Crippen LogP contribution in [0.1, 0.15) is 34.8 Å². The summed E-state index contributed by atoms with van der Waals surface area (Å²) in [5.74, 6) is 0.277. The van der Waals surface area contributed by atoms with Crippen LogP contribution in [0.2, 0.25) is 0 Å². The first-order chi connectivity index (χ1) is 13.7. The van der Waals surface area contributed by atoms with Gasteiger partial charge in [0.25, 0.3) is 5.91 Å². The third kappa shape index (κ3) is 3.97. The van der Waals surface area contributed by atoms with Crippen molar-refractivity contribution in [1.29, 1.82) is 0 Å². The van der Waals surface area contributed by atoms with Gasteiger partial charge in [0.2, 0.25) is 0 Å². The van der Waals surface area contributed by atoms with Crippen molar-refractivity contribution in [2.24, 2.45) is 0 Å². The van der Waals surface area contributed by atoms with Crippen molar-refractivity contribution < 1.29 is 9.18 Å². The van der Waals surface area contributed by atoms with E-state index in [1.165, 1.54) is 12.1 Å². The van der Waals surface area contributed by atoms with Crippen molar-refractivity contribution in [1.82, 2.24) is 20.2 Å². The highest BCUT2D eigenvalue weighted by Gasteiger charge is 2.24. The predicted molar refractivity (Wildman–Crippen MR) is 106 cm³/mol. The molecular weight excluding hydrogens is 355 g/mol. The number of benzene rings is 2. The zero-order valence-electron chi connectivity index (χ0n) is 15.6. The van der Waals surface area contributed by atoms with Crippen molar-refractivity contribution in [2.45, 2.75) is 18.9 Å². The summed E-state index contributed by atoms with van der Waals surface area (Å²) >= 11 is 0. The number of H-pyrrole nitrogens is 1. The average Bonchev–Trinajstić information content (AvgIpc) is 3.44. The Morgan fingerprint density at radius 1 is 1.14 bits per heavy atom. The summed E-state index contributed by atoms with van der Waals surface area (Å²) in [5.41, 5.74) is 2.36. The second-order valence-corrected chi connectivity index (χ2v) is 7.00. The van der Waals surface area contributed by atoms with E-state index in [9.17, 15) is 9.18 Å². The Hall–Kier alpha value is -2.99. The Morgan fingerprint density at radius 3 is 2.61 bits per heavy atom. The third-order valence-electron chi connectivity index (χ3n) is 5.22. The minimum Gasteiger partial charge on any atom is -0.350 e. The fraction of sp³-hybridized carbons (Fsp3) is 0.273. The Morgan fingerprint density at radius 2 is 1.89 bits per heavy atom. The highest BCUT2D eigenvalue weighted by molar-refractivity contribution is 6.00. The lowest BCUT2D eigenvalue weighted by molar-refractivity contribution is 0.0938. The summed E-state index contributed by atoms with van der Waals surface area (Å²) in [6, 6.07) is 14.0. The average molecular weight is 378 g/mol. The molecule has 5 nitrogen and oxygen atoms in total. The van der Waals surface area contributed by atoms with Crippen molar-refractivity contribution in [3.8, 4) is 11.4 Å². The largest absolute Gasteiger partial charge is 0.350 e. The topological polar surface area (TPSA) is 61.0 Å². The highest BCUT2D eigenvalue weighted by atomic mass is 19.1. The third-order valence-corrected chi connectivity index (χ3v) is 5.22. The highest BCUT2D eigenvalue weighted by Crippen LogP contribution is 2.25. The van der Waals surface area contributed by atoms with E-state index in [0.29, 0.717) is 17.9 Å². The lowest BCUT2D eigenvalue weighted by Gasteiger charge is -2.28. The van der Waals surface area contributed by atoms with Gasteiger partial charge in [0, 0.05) is 24.5 Å². The van der Waals surface area contributed by atoms with Crippen LogP contribution >= 0.6 is 0 Å². The standard InChI is InChI=1S/C22H23FN4O/c23-17-9-7-16(8-10-17)20(27-13-3-4-14-27)15-26-22(28)19-6-2-1-5-18(19)21-24-11-12-25-21/h1-2,5-12,20H,3-4,13-15H2,(H,24,25)(H,26,28)/t20-/m1/s1. The second-order valence-electron chi connectivity index (χ2n) is 7.00. The maximum absolute atomic E-state index is 13.3. The quantitative estimate of drug-likeness (QED) is 0.686. The van der Waals surface area contributed by atoms with Gasteiger partial charge in [-0.1, -0.05) is 30.3 Å². The van der Waals surface area contributed by atoms with Gasteiger partial charge < -0.3 is 10.3 Å². The molecule has 28 heavy (non-hydrogen) atoms. The molecular formula is C22H23FN4O. The summed E-state index contributed by atoms with van der Waals surface area (Å²) in [6.45, 7) is 2.44. The van der Waals surface area contributed by atoms with E-state index in [2.05, 4.69) is 20.2 Å². The molecule has 3 aromatic rings. The number of carbonyl (C=O) groups excluding carboxylic acids is 1. The Kier molecular flexibility index (Phi) is 5.48. The van der Waals surface area contributed by atoms with E-state index in [1.54, 1.807) is 30.6 Å². The Bertz CT molecular complexity index is 918. The molecule has 1 amide bonds. The molecule has 144 valence electrons. The van der Waals surface area contributed by atoms with Crippen molar-refractivity contribution in [3.05, 3.63) is 77.9 Å². The molecule has 2 aromatic carbocycles. The number of hydrogen-bond acceptors (Lipinski definition) is 3. The fourth-order valence-electron chi connectivity index (χ4n) is 3.78. The molecule has 0 radical (unpaired) electrons. The fourth-order valence-corrected chi connectivity index (χ4v) is 3.78.